The van der Waals surface area contributed by atoms with Gasteiger partial charge >= 0.3 is 0 Å². The van der Waals surface area contributed by atoms with Crippen molar-refractivity contribution in [2.24, 2.45) is 0 Å². The maximum absolute atomic E-state index is 8.99. The first-order chi connectivity index (χ1) is 10.2. The molecule has 0 atom stereocenters. The number of nitrogens with zero attached hydrogens (tertiary/aromatic N) is 5. The minimum Gasteiger partial charge on any atom is -0.330 e. The second kappa shape index (κ2) is 6.78. The van der Waals surface area contributed by atoms with Crippen molar-refractivity contribution in [2.75, 3.05) is 18.0 Å². The Morgan fingerprint density at radius 1 is 1.19 bits per heavy atom. The normalized spacial score (nSPS) is 9.90. The van der Waals surface area contributed by atoms with E-state index in [1.807, 2.05) is 37.3 Å². The summed E-state index contributed by atoms with van der Waals surface area (Å²) in [6, 6.07) is 13.8. The van der Waals surface area contributed by atoms with Gasteiger partial charge in [-0.25, -0.2) is 4.68 Å². The average Bonchev–Trinajstić information content (AvgIpc) is 2.84. The van der Waals surface area contributed by atoms with Crippen LogP contribution >= 0.6 is 11.6 Å². The Balaban J connectivity index is 2.62. The van der Waals surface area contributed by atoms with Crippen LogP contribution < -0.4 is 4.90 Å². The molecule has 0 bridgehead atoms. The number of anilines is 1. The third-order valence-electron chi connectivity index (χ3n) is 3.11. The monoisotopic (exact) mass is 299 g/mol. The van der Waals surface area contributed by atoms with E-state index in [2.05, 4.69) is 17.2 Å². The summed E-state index contributed by atoms with van der Waals surface area (Å²) in [6.45, 7) is 2.09. The number of halogens is 1. The third kappa shape index (κ3) is 2.99. The summed E-state index contributed by atoms with van der Waals surface area (Å²) in [4.78, 5) is 1.69. The second-order valence-corrected chi connectivity index (χ2v) is 4.71. The van der Waals surface area contributed by atoms with E-state index < -0.39 is 0 Å². The molecule has 1 aromatic heterocycles. The molecule has 0 unspecified atom stereocenters. The van der Waals surface area contributed by atoms with Crippen molar-refractivity contribution in [2.45, 2.75) is 12.8 Å². The zero-order valence-corrected chi connectivity index (χ0v) is 12.4. The fraction of sp³-hybridized carbons (Fsp3) is 0.267. The molecule has 2 rings (SSSR count). The number of aryl methyl sites for hydroxylation is 1. The Hall–Kier alpha value is -2.50. The smallest absolute Gasteiger partial charge is 0.138 e. The first-order valence-corrected chi connectivity index (χ1v) is 6.95. The number of aromatic nitrogens is 2. The summed E-state index contributed by atoms with van der Waals surface area (Å²) in [5, 5.41) is 22.5. The van der Waals surface area contributed by atoms with Crippen LogP contribution in [0, 0.1) is 29.6 Å². The van der Waals surface area contributed by atoms with E-state index in [-0.39, 0.29) is 19.0 Å². The number of para-hydroxylation sites is 1. The van der Waals surface area contributed by atoms with E-state index in [1.54, 1.807) is 9.58 Å². The molecular formula is C15H14ClN5. The molecule has 0 N–H and O–H groups in total. The summed E-state index contributed by atoms with van der Waals surface area (Å²) in [5.41, 5.74) is 2.50. The highest BCUT2D eigenvalue weighted by atomic mass is 35.5. The van der Waals surface area contributed by atoms with Crippen LogP contribution in [0.3, 0.4) is 0 Å². The molecule has 6 heteroatoms. The summed E-state index contributed by atoms with van der Waals surface area (Å²) in [5.74, 6) is 0.984. The summed E-state index contributed by atoms with van der Waals surface area (Å²) in [7, 11) is 0. The van der Waals surface area contributed by atoms with Crippen LogP contribution in [0.2, 0.25) is 0 Å². The number of hydrogen-bond acceptors (Lipinski definition) is 4. The van der Waals surface area contributed by atoms with E-state index in [0.29, 0.717) is 5.82 Å². The molecule has 0 saturated heterocycles. The number of benzene rings is 1. The molecule has 21 heavy (non-hydrogen) atoms. The lowest BCUT2D eigenvalue weighted by molar-refractivity contribution is 0.815. The highest BCUT2D eigenvalue weighted by molar-refractivity contribution is 6.17. The molecule has 0 radical (unpaired) electrons. The minimum atomic E-state index is 0.107. The van der Waals surface area contributed by atoms with Gasteiger partial charge in [-0.05, 0) is 19.1 Å². The predicted octanol–water partition coefficient (Wildman–Crippen LogP) is 2.77. The molecule has 1 aromatic carbocycles. The van der Waals surface area contributed by atoms with Gasteiger partial charge in [0.25, 0.3) is 0 Å². The van der Waals surface area contributed by atoms with Crippen LogP contribution in [-0.2, 0) is 5.88 Å². The Bertz CT molecular complexity index is 677. The van der Waals surface area contributed by atoms with Gasteiger partial charge in [0.1, 0.15) is 18.9 Å². The van der Waals surface area contributed by atoms with Gasteiger partial charge in [-0.15, -0.1) is 11.6 Å². The molecule has 0 aliphatic heterocycles. The summed E-state index contributed by atoms with van der Waals surface area (Å²) in [6.07, 6.45) is 0. The molecule has 0 aliphatic rings. The van der Waals surface area contributed by atoms with Crippen molar-refractivity contribution in [3.63, 3.8) is 0 Å². The van der Waals surface area contributed by atoms with Crippen molar-refractivity contribution in [1.29, 1.82) is 10.5 Å². The van der Waals surface area contributed by atoms with Crippen molar-refractivity contribution < 1.29 is 0 Å². The summed E-state index contributed by atoms with van der Waals surface area (Å²) < 4.78 is 1.74. The Labute approximate surface area is 128 Å². The maximum atomic E-state index is 8.99. The molecule has 1 heterocycles. The first-order valence-electron chi connectivity index (χ1n) is 6.41. The van der Waals surface area contributed by atoms with E-state index in [0.717, 1.165) is 16.9 Å². The fourth-order valence-electron chi connectivity index (χ4n) is 2.15. The van der Waals surface area contributed by atoms with Crippen LogP contribution in [0.25, 0.3) is 5.69 Å². The van der Waals surface area contributed by atoms with Crippen LogP contribution in [-0.4, -0.2) is 22.9 Å². The van der Waals surface area contributed by atoms with Crippen molar-refractivity contribution in [1.82, 2.24) is 9.78 Å². The SMILES string of the molecule is Cc1nn(-c2ccccc2)c(N(CC#N)CC#N)c1CCl. The zero-order valence-electron chi connectivity index (χ0n) is 11.6. The lowest BCUT2D eigenvalue weighted by atomic mass is 10.2. The number of hydrogen-bond donors (Lipinski definition) is 0. The molecule has 0 aliphatic carbocycles. The van der Waals surface area contributed by atoms with E-state index >= 15 is 0 Å². The topological polar surface area (TPSA) is 68.6 Å². The van der Waals surface area contributed by atoms with Crippen LogP contribution in [0.15, 0.2) is 30.3 Å². The molecule has 2 aromatic rings. The van der Waals surface area contributed by atoms with Gasteiger partial charge in [-0.2, -0.15) is 15.6 Å². The predicted molar refractivity (Wildman–Crippen MR) is 81.3 cm³/mol. The van der Waals surface area contributed by atoms with Crippen LogP contribution in [0.5, 0.6) is 0 Å². The van der Waals surface area contributed by atoms with Gasteiger partial charge in [0, 0.05) is 5.56 Å². The Kier molecular flexibility index (Phi) is 4.81. The quantitative estimate of drug-likeness (QED) is 0.629. The average molecular weight is 300 g/mol. The largest absolute Gasteiger partial charge is 0.330 e. The van der Waals surface area contributed by atoms with Crippen molar-refractivity contribution >= 4 is 17.4 Å². The van der Waals surface area contributed by atoms with E-state index in [1.165, 1.54) is 0 Å². The molecule has 0 fully saturated rings. The van der Waals surface area contributed by atoms with Crippen LogP contribution in [0.4, 0.5) is 5.82 Å². The third-order valence-corrected chi connectivity index (χ3v) is 3.38. The van der Waals surface area contributed by atoms with Crippen molar-refractivity contribution in [3.8, 4) is 17.8 Å². The van der Waals surface area contributed by atoms with Gasteiger partial charge in [0.05, 0.1) is 29.4 Å². The lowest BCUT2D eigenvalue weighted by Crippen LogP contribution is -2.27. The molecule has 0 spiro atoms. The highest BCUT2D eigenvalue weighted by Crippen LogP contribution is 2.28. The van der Waals surface area contributed by atoms with E-state index in [4.69, 9.17) is 22.1 Å². The number of rotatable bonds is 5. The van der Waals surface area contributed by atoms with Crippen molar-refractivity contribution in [3.05, 3.63) is 41.6 Å². The molecule has 0 saturated carbocycles. The van der Waals surface area contributed by atoms with E-state index in [9.17, 15) is 0 Å². The Morgan fingerprint density at radius 2 is 1.81 bits per heavy atom. The lowest BCUT2D eigenvalue weighted by Gasteiger charge is -2.21. The number of nitriles is 2. The fourth-order valence-corrected chi connectivity index (χ4v) is 2.47. The molecule has 106 valence electrons. The van der Waals surface area contributed by atoms with Gasteiger partial charge in [-0.1, -0.05) is 18.2 Å². The summed E-state index contributed by atoms with van der Waals surface area (Å²) >= 11 is 6.04. The maximum Gasteiger partial charge on any atom is 0.138 e. The first kappa shape index (κ1) is 14.9. The zero-order chi connectivity index (χ0) is 15.2. The van der Waals surface area contributed by atoms with Gasteiger partial charge in [-0.3, -0.25) is 0 Å². The molecule has 0 amide bonds. The van der Waals surface area contributed by atoms with Gasteiger partial charge in [0.2, 0.25) is 0 Å². The van der Waals surface area contributed by atoms with Gasteiger partial charge < -0.3 is 4.90 Å². The second-order valence-electron chi connectivity index (χ2n) is 4.44. The Morgan fingerprint density at radius 3 is 2.33 bits per heavy atom. The highest BCUT2D eigenvalue weighted by Gasteiger charge is 2.21. The standard InChI is InChI=1S/C15H14ClN5/c1-12-14(11-16)15(20(9-7-17)10-8-18)21(19-12)13-5-3-2-4-6-13/h2-6H,9-11H2,1H3. The minimum absolute atomic E-state index is 0.107. The van der Waals surface area contributed by atoms with Gasteiger partial charge in [0.15, 0.2) is 0 Å². The molecular weight excluding hydrogens is 286 g/mol. The number of alkyl halides is 1. The van der Waals surface area contributed by atoms with Crippen LogP contribution in [0.1, 0.15) is 11.3 Å². The molecule has 5 nitrogen and oxygen atoms in total.